The van der Waals surface area contributed by atoms with Gasteiger partial charge in [0.1, 0.15) is 5.75 Å². The van der Waals surface area contributed by atoms with E-state index in [0.29, 0.717) is 6.04 Å². The van der Waals surface area contributed by atoms with E-state index in [2.05, 4.69) is 29.6 Å². The monoisotopic (exact) mass is 319 g/mol. The Bertz CT molecular complexity index is 611. The molecule has 21 heavy (non-hydrogen) atoms. The lowest BCUT2D eigenvalue weighted by Crippen LogP contribution is -2.15. The lowest BCUT2D eigenvalue weighted by Gasteiger charge is -2.11. The van der Waals surface area contributed by atoms with Gasteiger partial charge in [-0.15, -0.1) is 0 Å². The second kappa shape index (κ2) is 6.73. The molecule has 0 bridgehead atoms. The van der Waals surface area contributed by atoms with Gasteiger partial charge in [-0.05, 0) is 60.9 Å². The molecule has 110 valence electrons. The Morgan fingerprint density at radius 1 is 1.19 bits per heavy atom. The van der Waals surface area contributed by atoms with E-state index in [4.69, 9.17) is 16.3 Å². The van der Waals surface area contributed by atoms with Crippen LogP contribution in [0.5, 0.6) is 5.75 Å². The maximum atomic E-state index is 6.14. The molecule has 3 rings (SSSR count). The summed E-state index contributed by atoms with van der Waals surface area (Å²) in [5, 5.41) is 4.35. The number of nitrogens with one attached hydrogen (secondary N) is 1. The second-order valence-electron chi connectivity index (χ2n) is 5.18. The SMILES string of the molecule is COc1ccc(Sc2ccc(Cl)cc2CNC2CC2)cc1. The van der Waals surface area contributed by atoms with Crippen molar-refractivity contribution >= 4 is 23.4 Å². The molecule has 0 aromatic heterocycles. The van der Waals surface area contributed by atoms with Gasteiger partial charge in [0.05, 0.1) is 7.11 Å². The molecular weight excluding hydrogens is 302 g/mol. The van der Waals surface area contributed by atoms with Gasteiger partial charge in [-0.25, -0.2) is 0 Å². The van der Waals surface area contributed by atoms with Crippen LogP contribution in [0.15, 0.2) is 52.3 Å². The van der Waals surface area contributed by atoms with Crippen LogP contribution in [0.3, 0.4) is 0 Å². The molecule has 1 aliphatic rings. The molecule has 0 spiro atoms. The summed E-state index contributed by atoms with van der Waals surface area (Å²) in [5.74, 6) is 0.881. The highest BCUT2D eigenvalue weighted by Gasteiger charge is 2.20. The summed E-state index contributed by atoms with van der Waals surface area (Å²) >= 11 is 7.90. The standard InChI is InChI=1S/C17H18ClNOS/c1-20-15-5-7-16(8-6-15)21-17-9-2-13(18)10-12(17)11-19-14-3-4-14/h2,5-10,14,19H,3-4,11H2,1H3. The molecule has 1 saturated carbocycles. The number of ether oxygens (including phenoxy) is 1. The number of hydrogen-bond acceptors (Lipinski definition) is 3. The van der Waals surface area contributed by atoms with Crippen LogP contribution in [-0.4, -0.2) is 13.2 Å². The molecule has 0 aliphatic heterocycles. The quantitative estimate of drug-likeness (QED) is 0.830. The van der Waals surface area contributed by atoms with E-state index in [1.54, 1.807) is 18.9 Å². The summed E-state index contributed by atoms with van der Waals surface area (Å²) in [5.41, 5.74) is 1.26. The molecular formula is C17H18ClNOS. The van der Waals surface area contributed by atoms with Gasteiger partial charge in [0, 0.05) is 27.4 Å². The molecule has 2 aromatic rings. The molecule has 0 amide bonds. The van der Waals surface area contributed by atoms with E-state index in [-0.39, 0.29) is 0 Å². The normalized spacial score (nSPS) is 14.2. The fourth-order valence-electron chi connectivity index (χ4n) is 2.10. The molecule has 0 radical (unpaired) electrons. The van der Waals surface area contributed by atoms with Gasteiger partial charge in [-0.3, -0.25) is 0 Å². The molecule has 2 aromatic carbocycles. The highest BCUT2D eigenvalue weighted by atomic mass is 35.5. The highest BCUT2D eigenvalue weighted by molar-refractivity contribution is 7.99. The van der Waals surface area contributed by atoms with Crippen LogP contribution in [0.25, 0.3) is 0 Å². The van der Waals surface area contributed by atoms with Crippen LogP contribution in [0.2, 0.25) is 5.02 Å². The zero-order valence-corrected chi connectivity index (χ0v) is 13.5. The van der Waals surface area contributed by atoms with E-state index in [0.717, 1.165) is 17.3 Å². The molecule has 1 aliphatic carbocycles. The smallest absolute Gasteiger partial charge is 0.118 e. The summed E-state index contributed by atoms with van der Waals surface area (Å²) in [4.78, 5) is 2.45. The molecule has 0 atom stereocenters. The van der Waals surface area contributed by atoms with Crippen molar-refractivity contribution in [2.24, 2.45) is 0 Å². The van der Waals surface area contributed by atoms with Crippen LogP contribution < -0.4 is 10.1 Å². The van der Waals surface area contributed by atoms with Crippen molar-refractivity contribution in [2.45, 2.75) is 35.2 Å². The Hall–Kier alpha value is -1.16. The minimum absolute atomic E-state index is 0.697. The average molecular weight is 320 g/mol. The number of hydrogen-bond donors (Lipinski definition) is 1. The van der Waals surface area contributed by atoms with Gasteiger partial charge in [0.25, 0.3) is 0 Å². The maximum Gasteiger partial charge on any atom is 0.118 e. The third-order valence-corrected chi connectivity index (χ3v) is 4.83. The van der Waals surface area contributed by atoms with Crippen LogP contribution in [-0.2, 0) is 6.54 Å². The first-order valence-electron chi connectivity index (χ1n) is 7.08. The summed E-state index contributed by atoms with van der Waals surface area (Å²) in [6.07, 6.45) is 2.59. The van der Waals surface area contributed by atoms with Crippen molar-refractivity contribution in [1.29, 1.82) is 0 Å². The van der Waals surface area contributed by atoms with Gasteiger partial charge >= 0.3 is 0 Å². The van der Waals surface area contributed by atoms with Crippen LogP contribution in [0.4, 0.5) is 0 Å². The lowest BCUT2D eigenvalue weighted by molar-refractivity contribution is 0.414. The van der Waals surface area contributed by atoms with Crippen molar-refractivity contribution < 1.29 is 4.74 Å². The molecule has 1 fully saturated rings. The Kier molecular flexibility index (Phi) is 4.73. The van der Waals surface area contributed by atoms with Crippen molar-refractivity contribution in [3.05, 3.63) is 53.1 Å². The molecule has 0 heterocycles. The fraction of sp³-hybridized carbons (Fsp3) is 0.294. The third kappa shape index (κ3) is 4.16. The van der Waals surface area contributed by atoms with E-state index in [1.807, 2.05) is 18.2 Å². The van der Waals surface area contributed by atoms with Gasteiger partial charge in [-0.2, -0.15) is 0 Å². The van der Waals surface area contributed by atoms with Gasteiger partial charge in [0.2, 0.25) is 0 Å². The predicted molar refractivity (Wildman–Crippen MR) is 88.4 cm³/mol. The predicted octanol–water partition coefficient (Wildman–Crippen LogP) is 4.75. The van der Waals surface area contributed by atoms with Crippen molar-refractivity contribution in [2.75, 3.05) is 7.11 Å². The van der Waals surface area contributed by atoms with Crippen molar-refractivity contribution in [3.8, 4) is 5.75 Å². The lowest BCUT2D eigenvalue weighted by atomic mass is 10.2. The Morgan fingerprint density at radius 2 is 1.95 bits per heavy atom. The Balaban J connectivity index is 1.75. The number of rotatable bonds is 6. The second-order valence-corrected chi connectivity index (χ2v) is 6.74. The zero-order chi connectivity index (χ0) is 14.7. The number of benzene rings is 2. The maximum absolute atomic E-state index is 6.14. The first-order chi connectivity index (χ1) is 10.2. The first-order valence-corrected chi connectivity index (χ1v) is 8.28. The minimum Gasteiger partial charge on any atom is -0.497 e. The van der Waals surface area contributed by atoms with E-state index in [1.165, 1.54) is 28.2 Å². The Morgan fingerprint density at radius 3 is 2.62 bits per heavy atom. The zero-order valence-electron chi connectivity index (χ0n) is 11.9. The molecule has 4 heteroatoms. The van der Waals surface area contributed by atoms with Crippen LogP contribution in [0.1, 0.15) is 18.4 Å². The summed E-state index contributed by atoms with van der Waals surface area (Å²) < 4.78 is 5.19. The minimum atomic E-state index is 0.697. The van der Waals surface area contributed by atoms with Gasteiger partial charge in [0.15, 0.2) is 0 Å². The highest BCUT2D eigenvalue weighted by Crippen LogP contribution is 2.33. The molecule has 2 nitrogen and oxygen atoms in total. The van der Waals surface area contributed by atoms with Crippen molar-refractivity contribution in [1.82, 2.24) is 5.32 Å². The molecule has 0 unspecified atom stereocenters. The summed E-state index contributed by atoms with van der Waals surface area (Å²) in [6, 6.07) is 14.9. The fourth-order valence-corrected chi connectivity index (χ4v) is 3.22. The number of halogens is 1. The molecule has 1 N–H and O–H groups in total. The van der Waals surface area contributed by atoms with Crippen LogP contribution in [0, 0.1) is 0 Å². The van der Waals surface area contributed by atoms with Gasteiger partial charge < -0.3 is 10.1 Å². The summed E-state index contributed by atoms with van der Waals surface area (Å²) in [7, 11) is 1.68. The van der Waals surface area contributed by atoms with Crippen LogP contribution >= 0.6 is 23.4 Å². The van der Waals surface area contributed by atoms with E-state index < -0.39 is 0 Å². The first kappa shape index (κ1) is 14.8. The van der Waals surface area contributed by atoms with Crippen molar-refractivity contribution in [3.63, 3.8) is 0 Å². The third-order valence-electron chi connectivity index (χ3n) is 3.47. The van der Waals surface area contributed by atoms with E-state index >= 15 is 0 Å². The number of methoxy groups -OCH3 is 1. The topological polar surface area (TPSA) is 21.3 Å². The van der Waals surface area contributed by atoms with Gasteiger partial charge in [-0.1, -0.05) is 23.4 Å². The average Bonchev–Trinajstić information content (AvgIpc) is 3.32. The summed E-state index contributed by atoms with van der Waals surface area (Å²) in [6.45, 7) is 0.879. The largest absolute Gasteiger partial charge is 0.497 e. The molecule has 0 saturated heterocycles. The Labute approximate surface area is 134 Å². The van der Waals surface area contributed by atoms with E-state index in [9.17, 15) is 0 Å².